The predicted octanol–water partition coefficient (Wildman–Crippen LogP) is 11.5. The van der Waals surface area contributed by atoms with Crippen LogP contribution in [0.3, 0.4) is 0 Å². The number of rotatable bonds is 14. The smallest absolute Gasteiger partial charge is 0.871 e. The summed E-state index contributed by atoms with van der Waals surface area (Å²) >= 11 is 12.8. The molecule has 23 heteroatoms. The van der Waals surface area contributed by atoms with Crippen LogP contribution >= 0.6 is 23.2 Å². The third kappa shape index (κ3) is 13.3. The quantitative estimate of drug-likeness (QED) is 0.0260. The number of fused-ring (bicyclic) bond motifs is 2. The molecule has 0 aliphatic carbocycles. The third-order valence-electron chi connectivity index (χ3n) is 11.2. The van der Waals surface area contributed by atoms with Crippen molar-refractivity contribution in [1.29, 1.82) is 0 Å². The van der Waals surface area contributed by atoms with Crippen molar-refractivity contribution in [2.75, 3.05) is 19.5 Å². The standard InChI is InChI=1S/2C26H22ClN3O6S.Ba/c2*1-3-15-12-17(37(33,34)35)14-21(23(15)27)29-30-24-18-9-5-4-8-16(18)13-19(25(24)31)26(32)28-20-10-6-7-11-22(20)36-2;/h2*4-14,31H,3H2,1-2H3,(H,28,32)(H,33,34,35);/q;;+2/p-2. The molecule has 0 saturated carbocycles. The van der Waals surface area contributed by atoms with Crippen LogP contribution in [-0.4, -0.2) is 106 Å². The second kappa shape index (κ2) is 25.0. The summed E-state index contributed by atoms with van der Waals surface area (Å²) in [5.41, 5.74) is 0.961. The minimum absolute atomic E-state index is 0. The summed E-state index contributed by atoms with van der Waals surface area (Å²) in [6.07, 6.45) is 0.729. The number of phenolic OH excluding ortho intramolecular Hbond substituents is 1. The van der Waals surface area contributed by atoms with Gasteiger partial charge in [0.25, 0.3) is 26.1 Å². The molecule has 0 aliphatic heterocycles. The number of para-hydroxylation sites is 4. The molecule has 0 unspecified atom stereocenters. The van der Waals surface area contributed by atoms with Crippen LogP contribution in [0.5, 0.6) is 23.0 Å². The zero-order valence-corrected chi connectivity index (χ0v) is 47.7. The van der Waals surface area contributed by atoms with E-state index < -0.39 is 48.4 Å². The normalized spacial score (nSPS) is 11.9. The van der Waals surface area contributed by atoms with Crippen molar-refractivity contribution in [3.05, 3.63) is 166 Å². The Kier molecular flexibility index (Phi) is 19.3. The van der Waals surface area contributed by atoms with E-state index in [0.29, 0.717) is 62.7 Å². The Morgan fingerprint density at radius 2 is 1.07 bits per heavy atom. The van der Waals surface area contributed by atoms with Crippen LogP contribution in [-0.2, 0) is 33.1 Å². The number of aliphatic imine (C=N–C) groups is 1. The van der Waals surface area contributed by atoms with Gasteiger partial charge >= 0.3 is 48.9 Å². The number of aryl methyl sites for hydroxylation is 2. The molecular weight excluding hydrogens is 1170 g/mol. The van der Waals surface area contributed by atoms with Crippen molar-refractivity contribution >= 4 is 160 Å². The van der Waals surface area contributed by atoms with E-state index in [1.807, 2.05) is 0 Å². The molecule has 0 spiro atoms. The molecule has 0 saturated heterocycles. The molecule has 8 aromatic rings. The van der Waals surface area contributed by atoms with Gasteiger partial charge in [0.2, 0.25) is 0 Å². The van der Waals surface area contributed by atoms with E-state index in [0.717, 1.165) is 12.1 Å². The molecular formula is C52H42BaCl2N6O12S2. The van der Waals surface area contributed by atoms with Gasteiger partial charge in [-0.3, -0.25) is 18.9 Å². The monoisotopic (exact) mass is 1210 g/mol. The molecule has 0 heterocycles. The van der Waals surface area contributed by atoms with E-state index in [4.69, 9.17) is 32.7 Å². The fourth-order valence-electron chi connectivity index (χ4n) is 7.43. The van der Waals surface area contributed by atoms with E-state index in [1.165, 1.54) is 38.5 Å². The number of halogens is 2. The maximum Gasteiger partial charge on any atom is 2.00 e. The molecule has 1 amide bonds. The Balaban J connectivity index is 0.000000241. The molecule has 0 fully saturated rings. The fourth-order valence-corrected chi connectivity index (χ4v) is 9.10. The van der Waals surface area contributed by atoms with Gasteiger partial charge in [0.1, 0.15) is 34.2 Å². The van der Waals surface area contributed by atoms with Gasteiger partial charge < -0.3 is 30.1 Å². The average Bonchev–Trinajstić information content (AvgIpc) is 3.38. The van der Waals surface area contributed by atoms with Gasteiger partial charge in [0, 0.05) is 10.8 Å². The largest absolute Gasteiger partial charge is 2.00 e. The summed E-state index contributed by atoms with van der Waals surface area (Å²) in [4.78, 5) is 16.4. The molecule has 0 bridgehead atoms. The van der Waals surface area contributed by atoms with Gasteiger partial charge in [-0.05, 0) is 107 Å². The molecule has 0 aromatic heterocycles. The van der Waals surface area contributed by atoms with Crippen LogP contribution in [0.1, 0.15) is 40.9 Å². The number of hydrogen-bond acceptors (Lipinski definition) is 15. The first kappa shape index (κ1) is 57.9. The molecule has 0 aliphatic rings. The average molecular weight is 1220 g/mol. The van der Waals surface area contributed by atoms with Crippen LogP contribution in [0.25, 0.3) is 21.5 Å². The number of nitrogens with one attached hydrogen (secondary N) is 1. The van der Waals surface area contributed by atoms with Crippen molar-refractivity contribution in [3.63, 3.8) is 0 Å². The summed E-state index contributed by atoms with van der Waals surface area (Å²) in [6.45, 7) is 3.51. The van der Waals surface area contributed by atoms with Crippen molar-refractivity contribution in [2.45, 2.75) is 36.5 Å². The number of anilines is 1. The predicted molar refractivity (Wildman–Crippen MR) is 285 cm³/mol. The number of aromatic hydroxyl groups is 1. The number of amides is 1. The zero-order valence-electron chi connectivity index (χ0n) is 40.1. The summed E-state index contributed by atoms with van der Waals surface area (Å²) in [5.74, 6) is -1.75. The maximum absolute atomic E-state index is 13.4. The van der Waals surface area contributed by atoms with Crippen molar-refractivity contribution in [1.82, 2.24) is 0 Å². The van der Waals surface area contributed by atoms with E-state index in [9.17, 15) is 46.1 Å². The van der Waals surface area contributed by atoms with E-state index in [2.05, 4.69) is 30.8 Å². The number of azo groups is 2. The van der Waals surface area contributed by atoms with E-state index >= 15 is 0 Å². The minimum atomic E-state index is -4.54. The Hall–Kier alpha value is -6.41. The summed E-state index contributed by atoms with van der Waals surface area (Å²) in [6, 6.07) is 34.8. The van der Waals surface area contributed by atoms with Gasteiger partial charge in [0.15, 0.2) is 5.75 Å². The van der Waals surface area contributed by atoms with Crippen molar-refractivity contribution < 1.29 is 55.5 Å². The van der Waals surface area contributed by atoms with Crippen LogP contribution in [0, 0.1) is 0 Å². The Morgan fingerprint density at radius 1 is 0.613 bits per heavy atom. The molecule has 380 valence electrons. The number of phenols is 1. The van der Waals surface area contributed by atoms with E-state index in [-0.39, 0.29) is 103 Å². The Morgan fingerprint density at radius 3 is 1.59 bits per heavy atom. The van der Waals surface area contributed by atoms with Crippen LogP contribution < -0.4 is 25.0 Å². The number of carbonyl (C=O) groups is 1. The van der Waals surface area contributed by atoms with Gasteiger partial charge in [-0.1, -0.05) is 116 Å². The third-order valence-corrected chi connectivity index (χ3v) is 13.7. The molecule has 4 N–H and O–H groups in total. The molecule has 8 aromatic carbocycles. The van der Waals surface area contributed by atoms with Crippen LogP contribution in [0.4, 0.5) is 34.1 Å². The number of methoxy groups -OCH3 is 2. The van der Waals surface area contributed by atoms with Crippen LogP contribution in [0.2, 0.25) is 10.0 Å². The van der Waals surface area contributed by atoms with Gasteiger partial charge in [-0.25, -0.2) is 0 Å². The van der Waals surface area contributed by atoms with E-state index in [1.54, 1.807) is 111 Å². The zero-order chi connectivity index (χ0) is 53.5. The number of ether oxygens (including phenoxy) is 2. The second-order valence-corrected chi connectivity index (χ2v) is 19.4. The van der Waals surface area contributed by atoms with Crippen molar-refractivity contribution in [2.24, 2.45) is 25.4 Å². The molecule has 18 nitrogen and oxygen atoms in total. The summed E-state index contributed by atoms with van der Waals surface area (Å²) < 4.78 is 76.4. The van der Waals surface area contributed by atoms with Crippen molar-refractivity contribution in [3.8, 4) is 23.0 Å². The fraction of sp³-hybridized carbons (Fsp3) is 0.115. The van der Waals surface area contributed by atoms with Gasteiger partial charge in [-0.15, -0.1) is 15.3 Å². The number of nitrogens with zero attached hydrogens (tertiary/aromatic N) is 5. The Bertz CT molecular complexity index is 3830. The first-order valence-corrected chi connectivity index (χ1v) is 25.7. The molecule has 0 radical (unpaired) electrons. The van der Waals surface area contributed by atoms with Crippen LogP contribution in [0.15, 0.2) is 169 Å². The molecule has 75 heavy (non-hydrogen) atoms. The minimum Gasteiger partial charge on any atom is -0.871 e. The van der Waals surface area contributed by atoms with Gasteiger partial charge in [-0.2, -0.15) is 21.9 Å². The first-order chi connectivity index (χ1) is 35.3. The molecule has 0 atom stereocenters. The topological polar surface area (TPSA) is 284 Å². The van der Waals surface area contributed by atoms with Gasteiger partial charge in [0.05, 0.1) is 51.0 Å². The number of carbonyl (C=O) groups excluding carboxylic acids is 1. The summed E-state index contributed by atoms with van der Waals surface area (Å²) in [7, 11) is -6.15. The number of benzene rings is 8. The number of hydrogen-bond donors (Lipinski definition) is 4. The maximum atomic E-state index is 13.4. The molecule has 8 rings (SSSR count). The second-order valence-electron chi connectivity index (χ2n) is 15.8. The Labute approximate surface area is 481 Å². The SMILES string of the molecule is CCc1cc(S(=O)(=O)O)cc(N=Nc2c(O)c(C(=O)Nc3ccccc3OC)cc3ccccc23)c1Cl.CCc1cc(S(=O)(=O)O)cc(N=Nc2c([O-])c(C([O-])=Nc3ccccc3OC)cc3ccccc23)c1Cl.[Ba+2]. The first-order valence-electron chi connectivity index (χ1n) is 22.0. The summed E-state index contributed by atoms with van der Waals surface area (Å²) in [5, 5.41) is 58.9.